The summed E-state index contributed by atoms with van der Waals surface area (Å²) < 4.78 is 5.50. The fourth-order valence-corrected chi connectivity index (χ4v) is 5.42. The molecule has 34 heavy (non-hydrogen) atoms. The molecule has 1 aromatic carbocycles. The van der Waals surface area contributed by atoms with Crippen LogP contribution >= 0.6 is 0 Å². The van der Waals surface area contributed by atoms with E-state index in [4.69, 9.17) is 10.2 Å². The second-order valence-corrected chi connectivity index (χ2v) is 9.47. The van der Waals surface area contributed by atoms with E-state index in [1.807, 2.05) is 12.1 Å². The Morgan fingerprint density at radius 1 is 1.21 bits per heavy atom. The van der Waals surface area contributed by atoms with Crippen molar-refractivity contribution in [1.82, 2.24) is 10.2 Å². The van der Waals surface area contributed by atoms with Gasteiger partial charge in [0.15, 0.2) is 5.76 Å². The lowest BCUT2D eigenvalue weighted by Crippen LogP contribution is -2.46. The molecule has 0 saturated carbocycles. The summed E-state index contributed by atoms with van der Waals surface area (Å²) in [5, 5.41) is 13.7. The number of amides is 1. The minimum atomic E-state index is -0.541. The molecule has 1 amide bonds. The summed E-state index contributed by atoms with van der Waals surface area (Å²) in [6, 6.07) is 10.1. The third-order valence-electron chi connectivity index (χ3n) is 7.39. The smallest absolute Gasteiger partial charge is 0.284 e. The number of piperazine rings is 1. The fourth-order valence-electron chi connectivity index (χ4n) is 5.42. The number of nitrogens with two attached hydrogens (primary N) is 1. The van der Waals surface area contributed by atoms with E-state index in [2.05, 4.69) is 52.5 Å². The second-order valence-electron chi connectivity index (χ2n) is 9.47. The number of hydrogen-bond acceptors (Lipinski definition) is 6. The van der Waals surface area contributed by atoms with Crippen molar-refractivity contribution in [3.8, 4) is 6.07 Å². The summed E-state index contributed by atoms with van der Waals surface area (Å²) in [6.45, 7) is 7.33. The Hall–Kier alpha value is -3.50. The van der Waals surface area contributed by atoms with Gasteiger partial charge in [0.25, 0.3) is 5.91 Å². The highest BCUT2D eigenvalue weighted by atomic mass is 16.3. The zero-order valence-electron chi connectivity index (χ0n) is 19.6. The SMILES string of the molecule is CC1C(C#N)=CC=C2NC=C(CCCCN3CCN(c4ccc5oc(C(N)=O)cc5c4)CC3)C21. The molecular weight excluding hydrogens is 426 g/mol. The number of furan rings is 1. The number of nitrogens with zero attached hydrogens (tertiary/aromatic N) is 3. The molecule has 3 N–H and O–H groups in total. The molecule has 1 aliphatic carbocycles. The summed E-state index contributed by atoms with van der Waals surface area (Å²) in [4.78, 5) is 16.3. The number of benzene rings is 1. The third-order valence-corrected chi connectivity index (χ3v) is 7.39. The highest BCUT2D eigenvalue weighted by Gasteiger charge is 2.33. The van der Waals surface area contributed by atoms with Crippen LogP contribution in [0.5, 0.6) is 0 Å². The lowest BCUT2D eigenvalue weighted by Gasteiger charge is -2.36. The summed E-state index contributed by atoms with van der Waals surface area (Å²) in [7, 11) is 0. The first-order chi connectivity index (χ1) is 16.5. The zero-order chi connectivity index (χ0) is 23.7. The predicted molar refractivity (Wildman–Crippen MR) is 133 cm³/mol. The zero-order valence-corrected chi connectivity index (χ0v) is 19.6. The number of allylic oxidation sites excluding steroid dienone is 4. The largest absolute Gasteiger partial charge is 0.451 e. The Labute approximate surface area is 200 Å². The number of fused-ring (bicyclic) bond motifs is 2. The van der Waals surface area contributed by atoms with E-state index in [-0.39, 0.29) is 11.7 Å². The molecule has 2 aromatic rings. The summed E-state index contributed by atoms with van der Waals surface area (Å²) >= 11 is 0. The molecule has 176 valence electrons. The molecule has 5 rings (SSSR count). The average Bonchev–Trinajstić information content (AvgIpc) is 3.47. The van der Waals surface area contributed by atoms with Gasteiger partial charge in [-0.3, -0.25) is 9.69 Å². The van der Waals surface area contributed by atoms with Crippen LogP contribution < -0.4 is 16.0 Å². The molecule has 2 aliphatic heterocycles. The van der Waals surface area contributed by atoms with Gasteiger partial charge in [-0.15, -0.1) is 0 Å². The summed E-state index contributed by atoms with van der Waals surface area (Å²) in [5.41, 5.74) is 10.7. The lowest BCUT2D eigenvalue weighted by molar-refractivity contribution is 0.0976. The average molecular weight is 458 g/mol. The van der Waals surface area contributed by atoms with Gasteiger partial charge < -0.3 is 20.4 Å². The molecule has 0 radical (unpaired) electrons. The van der Waals surface area contributed by atoms with Crippen LogP contribution in [0.15, 0.2) is 63.9 Å². The molecular formula is C27H31N5O2. The van der Waals surface area contributed by atoms with Crippen molar-refractivity contribution < 1.29 is 9.21 Å². The van der Waals surface area contributed by atoms with Gasteiger partial charge in [-0.25, -0.2) is 0 Å². The Balaban J connectivity index is 1.07. The number of primary amides is 1. The molecule has 2 unspecified atom stereocenters. The molecule has 7 heteroatoms. The topological polar surface area (TPSA) is 98.5 Å². The number of carbonyl (C=O) groups excluding carboxylic acids is 1. The van der Waals surface area contributed by atoms with E-state index in [0.29, 0.717) is 11.5 Å². The molecule has 0 bridgehead atoms. The molecule has 0 spiro atoms. The third kappa shape index (κ3) is 4.34. The van der Waals surface area contributed by atoms with Crippen molar-refractivity contribution in [2.75, 3.05) is 37.6 Å². The first-order valence-corrected chi connectivity index (χ1v) is 12.1. The van der Waals surface area contributed by atoms with E-state index < -0.39 is 5.91 Å². The standard InChI is InChI=1S/C27H31N5O2/c1-18-19(16-28)5-7-23-26(18)20(17-30-23)4-2-3-9-31-10-12-32(13-11-31)22-6-8-24-21(14-22)15-25(34-24)27(29)33/h5-8,14-15,17-18,26,30H,2-4,9-13H2,1H3,(H2,29,33). The number of hydrogen-bond donors (Lipinski definition) is 2. The van der Waals surface area contributed by atoms with Gasteiger partial charge in [0.05, 0.1) is 6.07 Å². The van der Waals surface area contributed by atoms with Crippen molar-refractivity contribution in [1.29, 1.82) is 5.26 Å². The molecule has 1 aromatic heterocycles. The van der Waals surface area contributed by atoms with Gasteiger partial charge in [0, 0.05) is 66.6 Å². The summed E-state index contributed by atoms with van der Waals surface area (Å²) in [5.74, 6) is 0.256. The van der Waals surface area contributed by atoms with Gasteiger partial charge in [0.1, 0.15) is 5.58 Å². The van der Waals surface area contributed by atoms with E-state index >= 15 is 0 Å². The van der Waals surface area contributed by atoms with Crippen molar-refractivity contribution >= 4 is 22.6 Å². The van der Waals surface area contributed by atoms with Crippen LogP contribution in [0.3, 0.4) is 0 Å². The van der Waals surface area contributed by atoms with Crippen LogP contribution in [0.25, 0.3) is 11.0 Å². The number of unbranched alkanes of at least 4 members (excludes halogenated alkanes) is 1. The Kier molecular flexibility index (Phi) is 6.16. The second kappa shape index (κ2) is 9.40. The van der Waals surface area contributed by atoms with E-state index in [1.165, 1.54) is 17.7 Å². The molecule has 3 aliphatic rings. The number of nitriles is 1. The first kappa shape index (κ1) is 22.3. The number of anilines is 1. The molecule has 7 nitrogen and oxygen atoms in total. The van der Waals surface area contributed by atoms with Crippen LogP contribution in [0.2, 0.25) is 0 Å². The van der Waals surface area contributed by atoms with E-state index in [0.717, 1.165) is 62.2 Å². The van der Waals surface area contributed by atoms with Crippen LogP contribution in [-0.2, 0) is 0 Å². The molecule has 3 heterocycles. The Morgan fingerprint density at radius 2 is 2.03 bits per heavy atom. The van der Waals surface area contributed by atoms with E-state index in [1.54, 1.807) is 6.07 Å². The monoisotopic (exact) mass is 457 g/mol. The van der Waals surface area contributed by atoms with Crippen molar-refractivity contribution in [2.24, 2.45) is 17.6 Å². The first-order valence-electron chi connectivity index (χ1n) is 12.1. The maximum Gasteiger partial charge on any atom is 0.284 e. The molecule has 1 fully saturated rings. The highest BCUT2D eigenvalue weighted by Crippen LogP contribution is 2.40. The lowest BCUT2D eigenvalue weighted by atomic mass is 9.78. The van der Waals surface area contributed by atoms with Gasteiger partial charge in [-0.05, 0) is 67.8 Å². The number of carbonyl (C=O) groups is 1. The quantitative estimate of drug-likeness (QED) is 0.612. The van der Waals surface area contributed by atoms with E-state index in [9.17, 15) is 10.1 Å². The number of nitrogens with one attached hydrogen (secondary N) is 1. The van der Waals surface area contributed by atoms with Gasteiger partial charge >= 0.3 is 0 Å². The Morgan fingerprint density at radius 3 is 2.79 bits per heavy atom. The van der Waals surface area contributed by atoms with Crippen LogP contribution in [0, 0.1) is 23.2 Å². The van der Waals surface area contributed by atoms with Crippen molar-refractivity contribution in [3.05, 3.63) is 65.2 Å². The normalized spacial score (nSPS) is 22.5. The minimum Gasteiger partial charge on any atom is -0.451 e. The maximum atomic E-state index is 11.4. The van der Waals surface area contributed by atoms with Crippen LogP contribution in [-0.4, -0.2) is 43.5 Å². The van der Waals surface area contributed by atoms with Crippen LogP contribution in [0.1, 0.15) is 36.7 Å². The van der Waals surface area contributed by atoms with Crippen LogP contribution in [0.4, 0.5) is 5.69 Å². The van der Waals surface area contributed by atoms with Crippen molar-refractivity contribution in [3.63, 3.8) is 0 Å². The minimum absolute atomic E-state index is 0.202. The van der Waals surface area contributed by atoms with Gasteiger partial charge in [-0.1, -0.05) is 6.92 Å². The number of rotatable bonds is 7. The Bertz CT molecular complexity index is 1220. The summed E-state index contributed by atoms with van der Waals surface area (Å²) in [6.07, 6.45) is 9.59. The maximum absolute atomic E-state index is 11.4. The predicted octanol–water partition coefficient (Wildman–Crippen LogP) is 3.91. The van der Waals surface area contributed by atoms with Crippen molar-refractivity contribution in [2.45, 2.75) is 26.2 Å². The highest BCUT2D eigenvalue weighted by molar-refractivity contribution is 5.95. The fraction of sp³-hybridized carbons (Fsp3) is 0.407. The molecule has 2 atom stereocenters. The van der Waals surface area contributed by atoms with Gasteiger partial charge in [0.2, 0.25) is 0 Å². The molecule has 1 saturated heterocycles. The van der Waals surface area contributed by atoms with Gasteiger partial charge in [-0.2, -0.15) is 5.26 Å².